The molecular weight excluding hydrogens is 311 g/mol. The lowest BCUT2D eigenvalue weighted by Crippen LogP contribution is -2.47. The molecule has 3 N–H and O–H groups in total. The maximum Gasteiger partial charge on any atom is 0.219 e. The van der Waals surface area contributed by atoms with Gasteiger partial charge in [-0.15, -0.1) is 0 Å². The van der Waals surface area contributed by atoms with Crippen LogP contribution < -0.4 is 5.32 Å². The third-order valence-electron chi connectivity index (χ3n) is 4.70. The molecule has 1 aromatic rings. The summed E-state index contributed by atoms with van der Waals surface area (Å²) in [7, 11) is 0. The van der Waals surface area contributed by atoms with Gasteiger partial charge in [0.25, 0.3) is 0 Å². The summed E-state index contributed by atoms with van der Waals surface area (Å²) in [6.07, 6.45) is -0.199. The first-order valence-electron chi connectivity index (χ1n) is 8.57. The zero-order valence-corrected chi connectivity index (χ0v) is 14.1. The van der Waals surface area contributed by atoms with E-state index in [9.17, 15) is 19.4 Å². The fourth-order valence-corrected chi connectivity index (χ4v) is 3.30. The third-order valence-corrected chi connectivity index (χ3v) is 4.70. The molecule has 1 heterocycles. The molecular formula is C18H27FN2O3. The van der Waals surface area contributed by atoms with E-state index in [-0.39, 0.29) is 12.5 Å². The molecule has 0 spiro atoms. The van der Waals surface area contributed by atoms with Crippen LogP contribution in [0.1, 0.15) is 25.3 Å². The summed E-state index contributed by atoms with van der Waals surface area (Å²) in [5.74, 6) is -0.121. The highest BCUT2D eigenvalue weighted by molar-refractivity contribution is 5.75. The monoisotopic (exact) mass is 338 g/mol. The highest BCUT2D eigenvalue weighted by Crippen LogP contribution is 2.26. The molecule has 1 amide bonds. The summed E-state index contributed by atoms with van der Waals surface area (Å²) in [6.45, 7) is 1.80. The fourth-order valence-electron chi connectivity index (χ4n) is 3.30. The standard InChI is InChI=1S/C18H27FN2O3/c1-2-16(22)20-12-15-18(24)17(23)14(11-19)21(15)10-6-9-13-7-4-3-5-8-13/h3-5,7-8,14-15,17-18,23-24H,2,6,9-12H2,1H3,(H,20,22). The molecule has 1 aliphatic heterocycles. The molecule has 2 rings (SSSR count). The molecule has 134 valence electrons. The van der Waals surface area contributed by atoms with Crippen molar-refractivity contribution in [2.24, 2.45) is 0 Å². The molecule has 0 aliphatic carbocycles. The number of aliphatic hydroxyl groups excluding tert-OH is 2. The number of alkyl halides is 1. The highest BCUT2D eigenvalue weighted by atomic mass is 19.1. The number of amides is 1. The van der Waals surface area contributed by atoms with Crippen molar-refractivity contribution in [2.45, 2.75) is 50.5 Å². The van der Waals surface area contributed by atoms with Gasteiger partial charge in [-0.2, -0.15) is 0 Å². The zero-order chi connectivity index (χ0) is 17.5. The van der Waals surface area contributed by atoms with Gasteiger partial charge in [0, 0.05) is 13.0 Å². The van der Waals surface area contributed by atoms with E-state index in [1.54, 1.807) is 11.8 Å². The van der Waals surface area contributed by atoms with Gasteiger partial charge in [0.1, 0.15) is 6.67 Å². The summed E-state index contributed by atoms with van der Waals surface area (Å²) >= 11 is 0. The SMILES string of the molecule is CCC(=O)NCC1C(O)C(O)C(CF)N1CCCc1ccccc1. The number of carbonyl (C=O) groups excluding carboxylic acids is 1. The van der Waals surface area contributed by atoms with Crippen molar-refractivity contribution in [3.63, 3.8) is 0 Å². The van der Waals surface area contributed by atoms with Gasteiger partial charge in [0.2, 0.25) is 5.91 Å². The third kappa shape index (κ3) is 4.53. The second kappa shape index (κ2) is 9.11. The molecule has 0 aromatic heterocycles. The van der Waals surface area contributed by atoms with Crippen LogP contribution in [-0.2, 0) is 11.2 Å². The Morgan fingerprint density at radius 1 is 1.21 bits per heavy atom. The maximum atomic E-state index is 13.4. The van der Waals surface area contributed by atoms with Crippen molar-refractivity contribution >= 4 is 5.91 Å². The maximum absolute atomic E-state index is 13.4. The molecule has 5 nitrogen and oxygen atoms in total. The highest BCUT2D eigenvalue weighted by Gasteiger charge is 2.47. The Labute approximate surface area is 142 Å². The Morgan fingerprint density at radius 2 is 1.88 bits per heavy atom. The fraction of sp³-hybridized carbons (Fsp3) is 0.611. The number of halogens is 1. The average Bonchev–Trinajstić information content (AvgIpc) is 2.84. The second-order valence-electron chi connectivity index (χ2n) is 6.25. The van der Waals surface area contributed by atoms with Crippen molar-refractivity contribution in [2.75, 3.05) is 19.8 Å². The number of benzene rings is 1. The van der Waals surface area contributed by atoms with E-state index in [4.69, 9.17) is 0 Å². The minimum absolute atomic E-state index is 0.121. The van der Waals surface area contributed by atoms with Gasteiger partial charge < -0.3 is 15.5 Å². The Balaban J connectivity index is 1.96. The number of rotatable bonds is 8. The first-order valence-corrected chi connectivity index (χ1v) is 8.57. The summed E-state index contributed by atoms with van der Waals surface area (Å²) < 4.78 is 13.4. The molecule has 1 aromatic carbocycles. The Morgan fingerprint density at radius 3 is 2.50 bits per heavy atom. The van der Waals surface area contributed by atoms with Gasteiger partial charge in [-0.3, -0.25) is 9.69 Å². The number of carbonyl (C=O) groups is 1. The molecule has 1 saturated heterocycles. The number of likely N-dealkylation sites (tertiary alicyclic amines) is 1. The van der Waals surface area contributed by atoms with E-state index in [0.717, 1.165) is 12.8 Å². The van der Waals surface area contributed by atoms with Crippen LogP contribution in [0.4, 0.5) is 4.39 Å². The first-order chi connectivity index (χ1) is 11.6. The van der Waals surface area contributed by atoms with Gasteiger partial charge in [-0.05, 0) is 24.9 Å². The van der Waals surface area contributed by atoms with Crippen LogP contribution >= 0.6 is 0 Å². The molecule has 0 saturated carbocycles. The number of aryl methyl sites for hydroxylation is 1. The van der Waals surface area contributed by atoms with Crippen LogP contribution in [-0.4, -0.2) is 65.1 Å². The Bertz CT molecular complexity index is 514. The second-order valence-corrected chi connectivity index (χ2v) is 6.25. The average molecular weight is 338 g/mol. The van der Waals surface area contributed by atoms with E-state index < -0.39 is 31.0 Å². The van der Waals surface area contributed by atoms with Crippen LogP contribution in [0.5, 0.6) is 0 Å². The summed E-state index contributed by atoms with van der Waals surface area (Å²) in [6, 6.07) is 8.81. The van der Waals surface area contributed by atoms with Crippen molar-refractivity contribution in [1.82, 2.24) is 10.2 Å². The van der Waals surface area contributed by atoms with E-state index in [1.807, 2.05) is 30.3 Å². The molecule has 1 aliphatic rings. The van der Waals surface area contributed by atoms with Gasteiger partial charge in [-0.1, -0.05) is 37.3 Å². The van der Waals surface area contributed by atoms with Gasteiger partial charge in [-0.25, -0.2) is 4.39 Å². The number of aliphatic hydroxyl groups is 2. The van der Waals surface area contributed by atoms with Crippen LogP contribution in [0.25, 0.3) is 0 Å². The molecule has 4 unspecified atom stereocenters. The smallest absolute Gasteiger partial charge is 0.219 e. The lowest BCUT2D eigenvalue weighted by molar-refractivity contribution is -0.121. The quantitative estimate of drug-likeness (QED) is 0.658. The molecule has 1 fully saturated rings. The van der Waals surface area contributed by atoms with Crippen molar-refractivity contribution in [3.8, 4) is 0 Å². The van der Waals surface area contributed by atoms with Crippen molar-refractivity contribution in [1.29, 1.82) is 0 Å². The minimum Gasteiger partial charge on any atom is -0.389 e. The molecule has 6 heteroatoms. The van der Waals surface area contributed by atoms with Crippen LogP contribution in [0, 0.1) is 0 Å². The van der Waals surface area contributed by atoms with Crippen LogP contribution in [0.3, 0.4) is 0 Å². The Kier molecular flexibility index (Phi) is 7.15. The normalized spacial score (nSPS) is 27.3. The van der Waals surface area contributed by atoms with E-state index >= 15 is 0 Å². The number of nitrogens with zero attached hydrogens (tertiary/aromatic N) is 1. The number of hydrogen-bond donors (Lipinski definition) is 3. The van der Waals surface area contributed by atoms with Gasteiger partial charge in [0.15, 0.2) is 0 Å². The summed E-state index contributed by atoms with van der Waals surface area (Å²) in [5, 5.41) is 23.0. The van der Waals surface area contributed by atoms with Gasteiger partial charge >= 0.3 is 0 Å². The van der Waals surface area contributed by atoms with Crippen molar-refractivity contribution < 1.29 is 19.4 Å². The largest absolute Gasteiger partial charge is 0.389 e. The number of nitrogens with one attached hydrogen (secondary N) is 1. The topological polar surface area (TPSA) is 72.8 Å². The summed E-state index contributed by atoms with van der Waals surface area (Å²) in [5.41, 5.74) is 1.20. The van der Waals surface area contributed by atoms with E-state index in [0.29, 0.717) is 13.0 Å². The lowest BCUT2D eigenvalue weighted by Gasteiger charge is -2.29. The predicted molar refractivity (Wildman–Crippen MR) is 90.3 cm³/mol. The Hall–Kier alpha value is -1.50. The minimum atomic E-state index is -1.13. The van der Waals surface area contributed by atoms with E-state index in [1.165, 1.54) is 5.56 Å². The van der Waals surface area contributed by atoms with Crippen LogP contribution in [0.15, 0.2) is 30.3 Å². The number of hydrogen-bond acceptors (Lipinski definition) is 4. The van der Waals surface area contributed by atoms with E-state index in [2.05, 4.69) is 5.32 Å². The van der Waals surface area contributed by atoms with Gasteiger partial charge in [0.05, 0.1) is 24.3 Å². The molecule has 4 atom stereocenters. The molecule has 0 radical (unpaired) electrons. The molecule has 0 bridgehead atoms. The van der Waals surface area contributed by atoms with Crippen molar-refractivity contribution in [3.05, 3.63) is 35.9 Å². The lowest BCUT2D eigenvalue weighted by atomic mass is 10.1. The van der Waals surface area contributed by atoms with Crippen LogP contribution in [0.2, 0.25) is 0 Å². The summed E-state index contributed by atoms with van der Waals surface area (Å²) in [4.78, 5) is 13.3. The predicted octanol–water partition coefficient (Wildman–Crippen LogP) is 0.889. The molecule has 24 heavy (non-hydrogen) atoms. The first kappa shape index (κ1) is 18.8. The zero-order valence-electron chi connectivity index (χ0n) is 14.1.